The van der Waals surface area contributed by atoms with Gasteiger partial charge in [-0.25, -0.2) is 0 Å². The van der Waals surface area contributed by atoms with Gasteiger partial charge >= 0.3 is 0 Å². The van der Waals surface area contributed by atoms with Gasteiger partial charge in [0.2, 0.25) is 0 Å². The lowest BCUT2D eigenvalue weighted by Gasteiger charge is -2.22. The second kappa shape index (κ2) is 3.95. The van der Waals surface area contributed by atoms with E-state index < -0.39 is 0 Å². The quantitative estimate of drug-likeness (QED) is 0.683. The monoisotopic (exact) mass is 210 g/mol. The number of aryl methyl sites for hydroxylation is 1. The molecule has 0 unspecified atom stereocenters. The molecule has 0 radical (unpaired) electrons. The van der Waals surface area contributed by atoms with Crippen molar-refractivity contribution in [3.05, 3.63) is 28.8 Å². The average Bonchev–Trinajstić information content (AvgIpc) is 2.02. The molecule has 1 aromatic carbocycles. The second-order valence-electron chi connectivity index (χ2n) is 4.70. The Kier molecular flexibility index (Phi) is 3.28. The molecule has 0 saturated carbocycles. The molecule has 0 bridgehead atoms. The Labute approximate surface area is 91.6 Å². The van der Waals surface area contributed by atoms with E-state index in [1.54, 1.807) is 0 Å². The Hall–Kier alpha value is -0.470. The van der Waals surface area contributed by atoms with E-state index in [1.165, 1.54) is 5.56 Å². The highest BCUT2D eigenvalue weighted by atomic mass is 32.1. The zero-order valence-corrected chi connectivity index (χ0v) is 10.2. The van der Waals surface area contributed by atoms with Gasteiger partial charge in [-0.3, -0.25) is 0 Å². The summed E-state index contributed by atoms with van der Waals surface area (Å²) in [6.07, 6.45) is 0. The van der Waals surface area contributed by atoms with Crippen LogP contribution in [0.5, 0.6) is 0 Å². The molecule has 0 aromatic heterocycles. The third-order valence-corrected chi connectivity index (χ3v) is 2.80. The Morgan fingerprint density at radius 2 is 1.86 bits per heavy atom. The smallest absolute Gasteiger partial charge is 0.0684 e. The average molecular weight is 210 g/mol. The van der Waals surface area contributed by atoms with Crippen molar-refractivity contribution in [3.8, 4) is 0 Å². The van der Waals surface area contributed by atoms with Crippen molar-refractivity contribution in [2.45, 2.75) is 44.6 Å². The number of aliphatic hydroxyl groups is 1. The maximum absolute atomic E-state index is 9.17. The van der Waals surface area contributed by atoms with Gasteiger partial charge in [-0.2, -0.15) is 0 Å². The summed E-state index contributed by atoms with van der Waals surface area (Å²) in [5.41, 5.74) is 3.36. The molecular formula is C12H18OS. The summed E-state index contributed by atoms with van der Waals surface area (Å²) in [5, 5.41) is 9.17. The van der Waals surface area contributed by atoms with Crippen LogP contribution in [-0.4, -0.2) is 5.11 Å². The summed E-state index contributed by atoms with van der Waals surface area (Å²) >= 11 is 4.47. The fraction of sp³-hybridized carbons (Fsp3) is 0.500. The van der Waals surface area contributed by atoms with Gasteiger partial charge in [-0.1, -0.05) is 26.8 Å². The highest BCUT2D eigenvalue weighted by Crippen LogP contribution is 2.30. The van der Waals surface area contributed by atoms with Crippen LogP contribution < -0.4 is 0 Å². The highest BCUT2D eigenvalue weighted by Gasteiger charge is 2.17. The van der Waals surface area contributed by atoms with Gasteiger partial charge < -0.3 is 5.11 Å². The minimum absolute atomic E-state index is 0.0781. The van der Waals surface area contributed by atoms with Gasteiger partial charge in [-0.15, -0.1) is 12.6 Å². The maximum Gasteiger partial charge on any atom is 0.0684 e. The van der Waals surface area contributed by atoms with Crippen molar-refractivity contribution in [2.24, 2.45) is 0 Å². The number of thiol groups is 1. The lowest BCUT2D eigenvalue weighted by molar-refractivity contribution is 0.280. The van der Waals surface area contributed by atoms with Crippen LogP contribution in [0.25, 0.3) is 0 Å². The molecule has 78 valence electrons. The van der Waals surface area contributed by atoms with E-state index in [0.717, 1.165) is 16.0 Å². The van der Waals surface area contributed by atoms with Crippen molar-refractivity contribution in [2.75, 3.05) is 0 Å². The lowest BCUT2D eigenvalue weighted by Crippen LogP contribution is -2.13. The van der Waals surface area contributed by atoms with E-state index in [9.17, 15) is 5.11 Å². The third kappa shape index (κ3) is 2.31. The van der Waals surface area contributed by atoms with Crippen LogP contribution in [-0.2, 0) is 12.0 Å². The van der Waals surface area contributed by atoms with Crippen LogP contribution >= 0.6 is 12.6 Å². The fourth-order valence-corrected chi connectivity index (χ4v) is 2.10. The minimum atomic E-state index is 0.0781. The predicted octanol–water partition coefficient (Wildman–Crippen LogP) is 3.07. The first-order valence-corrected chi connectivity index (χ1v) is 5.25. The highest BCUT2D eigenvalue weighted by molar-refractivity contribution is 7.80. The van der Waals surface area contributed by atoms with E-state index in [-0.39, 0.29) is 12.0 Å². The van der Waals surface area contributed by atoms with E-state index >= 15 is 0 Å². The molecule has 1 aromatic rings. The molecule has 0 aliphatic heterocycles. The minimum Gasteiger partial charge on any atom is -0.392 e. The van der Waals surface area contributed by atoms with E-state index in [1.807, 2.05) is 13.0 Å². The lowest BCUT2D eigenvalue weighted by atomic mass is 9.85. The maximum atomic E-state index is 9.17. The van der Waals surface area contributed by atoms with Crippen molar-refractivity contribution in [1.82, 2.24) is 0 Å². The van der Waals surface area contributed by atoms with Crippen LogP contribution in [0.15, 0.2) is 17.0 Å². The van der Waals surface area contributed by atoms with Gasteiger partial charge in [0.15, 0.2) is 0 Å². The zero-order valence-electron chi connectivity index (χ0n) is 9.26. The van der Waals surface area contributed by atoms with E-state index in [4.69, 9.17) is 0 Å². The number of aliphatic hydroxyl groups excluding tert-OH is 1. The molecule has 0 saturated heterocycles. The second-order valence-corrected chi connectivity index (χ2v) is 5.19. The summed E-state index contributed by atoms with van der Waals surface area (Å²) in [7, 11) is 0. The topological polar surface area (TPSA) is 20.2 Å². The summed E-state index contributed by atoms with van der Waals surface area (Å²) < 4.78 is 0. The molecule has 0 atom stereocenters. The van der Waals surface area contributed by atoms with Gasteiger partial charge in [0.1, 0.15) is 0 Å². The predicted molar refractivity (Wildman–Crippen MR) is 63.1 cm³/mol. The summed E-state index contributed by atoms with van der Waals surface area (Å²) in [4.78, 5) is 1.01. The molecular weight excluding hydrogens is 192 g/mol. The molecule has 0 spiro atoms. The normalized spacial score (nSPS) is 11.9. The molecule has 1 rings (SSSR count). The van der Waals surface area contributed by atoms with Crippen LogP contribution in [0.3, 0.4) is 0 Å². The molecule has 0 heterocycles. The van der Waals surface area contributed by atoms with Gasteiger partial charge in [0, 0.05) is 4.90 Å². The molecule has 0 fully saturated rings. The summed E-state index contributed by atoms with van der Waals surface area (Å²) in [5.74, 6) is 0. The Morgan fingerprint density at radius 1 is 1.29 bits per heavy atom. The SMILES string of the molecule is Cc1cc(S)c(C(C)(C)C)cc1CO. The molecule has 0 aliphatic rings. The fourth-order valence-electron chi connectivity index (χ4n) is 1.51. The number of hydrogen-bond donors (Lipinski definition) is 2. The van der Waals surface area contributed by atoms with Crippen LogP contribution in [0.2, 0.25) is 0 Å². The Morgan fingerprint density at radius 3 is 2.29 bits per heavy atom. The first-order valence-electron chi connectivity index (χ1n) is 4.80. The van der Waals surface area contributed by atoms with E-state index in [0.29, 0.717) is 0 Å². The number of hydrogen-bond acceptors (Lipinski definition) is 2. The molecule has 2 heteroatoms. The van der Waals surface area contributed by atoms with Gasteiger partial charge in [0.25, 0.3) is 0 Å². The first kappa shape index (κ1) is 11.6. The number of benzene rings is 1. The standard InChI is InChI=1S/C12H18OS/c1-8-5-11(14)10(12(2,3)4)6-9(8)7-13/h5-6,13-14H,7H2,1-4H3. The largest absolute Gasteiger partial charge is 0.392 e. The Bertz CT molecular complexity index is 337. The van der Waals surface area contributed by atoms with Crippen LogP contribution in [0.4, 0.5) is 0 Å². The van der Waals surface area contributed by atoms with Crippen LogP contribution in [0, 0.1) is 6.92 Å². The van der Waals surface area contributed by atoms with Crippen molar-refractivity contribution in [3.63, 3.8) is 0 Å². The first-order chi connectivity index (χ1) is 6.36. The van der Waals surface area contributed by atoms with Gasteiger partial charge in [-0.05, 0) is 35.1 Å². The number of rotatable bonds is 1. The molecule has 0 aliphatic carbocycles. The zero-order chi connectivity index (χ0) is 10.9. The summed E-state index contributed by atoms with van der Waals surface area (Å²) in [6, 6.07) is 4.08. The van der Waals surface area contributed by atoms with Crippen molar-refractivity contribution in [1.29, 1.82) is 0 Å². The molecule has 1 N–H and O–H groups in total. The molecule has 1 nitrogen and oxygen atoms in total. The molecule has 14 heavy (non-hydrogen) atoms. The van der Waals surface area contributed by atoms with Gasteiger partial charge in [0.05, 0.1) is 6.61 Å². The molecule has 0 amide bonds. The summed E-state index contributed by atoms with van der Waals surface area (Å²) in [6.45, 7) is 8.55. The van der Waals surface area contributed by atoms with E-state index in [2.05, 4.69) is 39.5 Å². The third-order valence-electron chi connectivity index (χ3n) is 2.43. The van der Waals surface area contributed by atoms with Crippen molar-refractivity contribution < 1.29 is 5.11 Å². The Balaban J connectivity index is 3.32. The van der Waals surface area contributed by atoms with Crippen molar-refractivity contribution >= 4 is 12.6 Å². The van der Waals surface area contributed by atoms with Crippen LogP contribution in [0.1, 0.15) is 37.5 Å².